The largest absolute Gasteiger partial charge is 0.326 e. The van der Waals surface area contributed by atoms with Crippen molar-refractivity contribution in [1.29, 1.82) is 0 Å². The van der Waals surface area contributed by atoms with Crippen LogP contribution in [0.1, 0.15) is 24.0 Å². The van der Waals surface area contributed by atoms with Gasteiger partial charge in [0, 0.05) is 26.2 Å². The Balaban J connectivity index is 2.33. The second kappa shape index (κ2) is 6.44. The third-order valence-electron chi connectivity index (χ3n) is 4.39. The molecule has 118 valence electrons. The summed E-state index contributed by atoms with van der Waals surface area (Å²) in [7, 11) is 0.249. The van der Waals surface area contributed by atoms with Gasteiger partial charge in [-0.05, 0) is 50.6 Å². The van der Waals surface area contributed by atoms with Gasteiger partial charge < -0.3 is 10.6 Å². The van der Waals surface area contributed by atoms with E-state index in [1.807, 2.05) is 20.0 Å². The number of nitrogens with zero attached hydrogens (tertiary/aromatic N) is 2. The highest BCUT2D eigenvalue weighted by atomic mass is 32.2. The molecule has 0 radical (unpaired) electrons. The number of likely N-dealkylation sites (N-methyl/N-ethyl adjacent to an activating group) is 2. The van der Waals surface area contributed by atoms with Gasteiger partial charge in [-0.25, -0.2) is 8.42 Å². The van der Waals surface area contributed by atoms with E-state index >= 15 is 0 Å². The van der Waals surface area contributed by atoms with Gasteiger partial charge in [-0.1, -0.05) is 12.1 Å². The fourth-order valence-corrected chi connectivity index (χ4v) is 4.59. The van der Waals surface area contributed by atoms with Crippen LogP contribution in [0.2, 0.25) is 0 Å². The maximum absolute atomic E-state index is 12.9. The molecule has 1 atom stereocenters. The maximum Gasteiger partial charge on any atom is 0.243 e. The number of piperidine rings is 1. The molecule has 0 aromatic heterocycles. The molecular weight excluding hydrogens is 286 g/mol. The van der Waals surface area contributed by atoms with Crippen molar-refractivity contribution < 1.29 is 8.42 Å². The first-order valence-corrected chi connectivity index (χ1v) is 8.77. The molecule has 1 unspecified atom stereocenters. The molecule has 5 nitrogen and oxygen atoms in total. The van der Waals surface area contributed by atoms with Crippen molar-refractivity contribution in [2.24, 2.45) is 5.73 Å². The van der Waals surface area contributed by atoms with Crippen LogP contribution < -0.4 is 5.73 Å². The monoisotopic (exact) mass is 311 g/mol. The zero-order chi connectivity index (χ0) is 15.6. The van der Waals surface area contributed by atoms with Crippen LogP contribution in [0.5, 0.6) is 0 Å². The topological polar surface area (TPSA) is 66.6 Å². The fraction of sp³-hybridized carbons (Fsp3) is 0.600. The smallest absolute Gasteiger partial charge is 0.243 e. The summed E-state index contributed by atoms with van der Waals surface area (Å²) in [5.41, 5.74) is 7.32. The first-order valence-electron chi connectivity index (χ1n) is 7.33. The van der Waals surface area contributed by atoms with Crippen molar-refractivity contribution in [2.45, 2.75) is 37.2 Å². The van der Waals surface area contributed by atoms with E-state index in [4.69, 9.17) is 5.73 Å². The summed E-state index contributed by atoms with van der Waals surface area (Å²) >= 11 is 0. The lowest BCUT2D eigenvalue weighted by Crippen LogP contribution is -2.47. The Morgan fingerprint density at radius 3 is 2.76 bits per heavy atom. The number of rotatable bonds is 4. The Morgan fingerprint density at radius 1 is 1.43 bits per heavy atom. The van der Waals surface area contributed by atoms with Crippen molar-refractivity contribution in [3.8, 4) is 0 Å². The van der Waals surface area contributed by atoms with Crippen molar-refractivity contribution in [3.63, 3.8) is 0 Å². The van der Waals surface area contributed by atoms with Crippen molar-refractivity contribution in [2.75, 3.05) is 27.2 Å². The van der Waals surface area contributed by atoms with Crippen LogP contribution >= 0.6 is 0 Å². The zero-order valence-electron chi connectivity index (χ0n) is 13.0. The molecule has 0 amide bonds. The maximum atomic E-state index is 12.9. The number of hydrogen-bond donors (Lipinski definition) is 1. The van der Waals surface area contributed by atoms with Crippen LogP contribution in [0.4, 0.5) is 0 Å². The second-order valence-corrected chi connectivity index (χ2v) is 7.79. The fourth-order valence-electron chi connectivity index (χ4n) is 2.95. The summed E-state index contributed by atoms with van der Waals surface area (Å²) in [5.74, 6) is 0. The Hall–Kier alpha value is -0.950. The van der Waals surface area contributed by atoms with Crippen molar-refractivity contribution in [1.82, 2.24) is 9.21 Å². The lowest BCUT2D eigenvalue weighted by molar-refractivity contribution is 0.187. The Labute approximate surface area is 127 Å². The standard InChI is InChI=1S/C15H25N3O2S/c1-12-13(10-16)6-4-8-15(12)21(19,20)18(3)14-7-5-9-17(2)11-14/h4,6,8,14H,5,7,9-11,16H2,1-3H3. The van der Waals surface area contributed by atoms with Gasteiger partial charge in [0.15, 0.2) is 0 Å². The zero-order valence-corrected chi connectivity index (χ0v) is 13.9. The molecule has 1 aliphatic heterocycles. The van der Waals surface area contributed by atoms with E-state index in [-0.39, 0.29) is 6.04 Å². The van der Waals surface area contributed by atoms with Gasteiger partial charge >= 0.3 is 0 Å². The van der Waals surface area contributed by atoms with Gasteiger partial charge in [0.25, 0.3) is 0 Å². The van der Waals surface area contributed by atoms with E-state index in [0.717, 1.165) is 37.1 Å². The van der Waals surface area contributed by atoms with Crippen LogP contribution in [-0.2, 0) is 16.6 Å². The molecule has 1 saturated heterocycles. The first-order chi connectivity index (χ1) is 9.87. The molecule has 0 aliphatic carbocycles. The predicted molar refractivity (Wildman–Crippen MR) is 84.5 cm³/mol. The lowest BCUT2D eigenvalue weighted by atomic mass is 10.1. The minimum atomic E-state index is -3.47. The van der Waals surface area contributed by atoms with E-state index in [0.29, 0.717) is 11.4 Å². The summed E-state index contributed by atoms with van der Waals surface area (Å²) in [5, 5.41) is 0. The number of sulfonamides is 1. The average molecular weight is 311 g/mol. The van der Waals surface area contributed by atoms with Gasteiger partial charge in [-0.15, -0.1) is 0 Å². The van der Waals surface area contributed by atoms with Crippen LogP contribution in [0, 0.1) is 6.92 Å². The van der Waals surface area contributed by atoms with E-state index in [9.17, 15) is 8.42 Å². The van der Waals surface area contributed by atoms with Gasteiger partial charge in [0.1, 0.15) is 0 Å². The number of nitrogens with two attached hydrogens (primary N) is 1. The van der Waals surface area contributed by atoms with Crippen LogP contribution in [0.25, 0.3) is 0 Å². The molecule has 0 spiro atoms. The Kier molecular flexibility index (Phi) is 5.03. The number of hydrogen-bond acceptors (Lipinski definition) is 4. The minimum absolute atomic E-state index is 0.0367. The van der Waals surface area contributed by atoms with E-state index in [2.05, 4.69) is 4.90 Å². The molecule has 2 N–H and O–H groups in total. The summed E-state index contributed by atoms with van der Waals surface area (Å²) in [6.45, 7) is 4.00. The summed E-state index contributed by atoms with van der Waals surface area (Å²) < 4.78 is 27.3. The van der Waals surface area contributed by atoms with Crippen LogP contribution in [-0.4, -0.2) is 50.8 Å². The second-order valence-electron chi connectivity index (χ2n) is 5.82. The highest BCUT2D eigenvalue weighted by Gasteiger charge is 2.31. The number of benzene rings is 1. The highest BCUT2D eigenvalue weighted by molar-refractivity contribution is 7.89. The molecule has 21 heavy (non-hydrogen) atoms. The highest BCUT2D eigenvalue weighted by Crippen LogP contribution is 2.25. The number of likely N-dealkylation sites (tertiary alicyclic amines) is 1. The average Bonchev–Trinajstić information content (AvgIpc) is 2.46. The van der Waals surface area contributed by atoms with Gasteiger partial charge in [-0.3, -0.25) is 0 Å². The summed E-state index contributed by atoms with van der Waals surface area (Å²) in [6.07, 6.45) is 1.94. The molecule has 0 saturated carbocycles. The molecule has 1 aromatic rings. The summed E-state index contributed by atoms with van der Waals surface area (Å²) in [4.78, 5) is 2.56. The predicted octanol–water partition coefficient (Wildman–Crippen LogP) is 1.17. The van der Waals surface area contributed by atoms with Crippen molar-refractivity contribution in [3.05, 3.63) is 29.3 Å². The molecule has 1 aliphatic rings. The Bertz CT molecular complexity index is 601. The minimum Gasteiger partial charge on any atom is -0.326 e. The van der Waals surface area contributed by atoms with E-state index in [1.165, 1.54) is 4.31 Å². The lowest BCUT2D eigenvalue weighted by Gasteiger charge is -2.35. The SMILES string of the molecule is Cc1c(CN)cccc1S(=O)(=O)N(C)C1CCCN(C)C1. The van der Waals surface area contributed by atoms with Gasteiger partial charge in [-0.2, -0.15) is 4.31 Å². The summed E-state index contributed by atoms with van der Waals surface area (Å²) in [6, 6.07) is 5.35. The normalized spacial score (nSPS) is 20.9. The first kappa shape index (κ1) is 16.4. The van der Waals surface area contributed by atoms with Crippen LogP contribution in [0.3, 0.4) is 0 Å². The van der Waals surface area contributed by atoms with Gasteiger partial charge in [0.05, 0.1) is 4.90 Å². The molecule has 1 aromatic carbocycles. The van der Waals surface area contributed by atoms with E-state index < -0.39 is 10.0 Å². The molecular formula is C15H25N3O2S. The third-order valence-corrected chi connectivity index (χ3v) is 6.44. The molecule has 2 rings (SSSR count). The Morgan fingerprint density at radius 2 is 2.14 bits per heavy atom. The van der Waals surface area contributed by atoms with Crippen LogP contribution in [0.15, 0.2) is 23.1 Å². The van der Waals surface area contributed by atoms with E-state index in [1.54, 1.807) is 19.2 Å². The molecule has 0 bridgehead atoms. The quantitative estimate of drug-likeness (QED) is 0.906. The molecule has 1 fully saturated rings. The molecule has 6 heteroatoms. The third kappa shape index (κ3) is 3.29. The molecule has 1 heterocycles. The van der Waals surface area contributed by atoms with Crippen molar-refractivity contribution >= 4 is 10.0 Å². The van der Waals surface area contributed by atoms with Gasteiger partial charge in [0.2, 0.25) is 10.0 Å².